The van der Waals surface area contributed by atoms with Crippen molar-refractivity contribution < 1.29 is 9.90 Å². The van der Waals surface area contributed by atoms with E-state index in [9.17, 15) is 4.79 Å². The summed E-state index contributed by atoms with van der Waals surface area (Å²) in [7, 11) is 2.07. The Morgan fingerprint density at radius 2 is 2.05 bits per heavy atom. The van der Waals surface area contributed by atoms with Gasteiger partial charge in [0.2, 0.25) is 0 Å². The van der Waals surface area contributed by atoms with E-state index in [1.54, 1.807) is 4.68 Å². The Bertz CT molecular complexity index is 414. The van der Waals surface area contributed by atoms with Gasteiger partial charge in [0.05, 0.1) is 12.7 Å². The van der Waals surface area contributed by atoms with Crippen molar-refractivity contribution in [1.82, 2.24) is 24.8 Å². The van der Waals surface area contributed by atoms with E-state index in [1.807, 2.05) is 0 Å². The highest BCUT2D eigenvalue weighted by Crippen LogP contribution is 2.06. The first-order valence-corrected chi connectivity index (χ1v) is 6.69. The number of likely N-dealkylation sites (tertiary alicyclic amines) is 1. The SMILES string of the molecule is CN(CCN1CCCC1)CCn1cc(C(=O)O)nn1. The quantitative estimate of drug-likeness (QED) is 0.750. The van der Waals surface area contributed by atoms with E-state index in [1.165, 1.54) is 32.1 Å². The summed E-state index contributed by atoms with van der Waals surface area (Å²) in [5.41, 5.74) is -0.000259. The molecule has 0 saturated carbocycles. The number of nitrogens with zero attached hydrogens (tertiary/aromatic N) is 5. The molecule has 19 heavy (non-hydrogen) atoms. The van der Waals surface area contributed by atoms with E-state index in [2.05, 4.69) is 27.2 Å². The number of rotatable bonds is 7. The molecule has 0 bridgehead atoms. The zero-order chi connectivity index (χ0) is 13.7. The second-order valence-electron chi connectivity index (χ2n) is 5.02. The topological polar surface area (TPSA) is 74.5 Å². The molecule has 1 fully saturated rings. The Kier molecular flexibility index (Phi) is 4.86. The summed E-state index contributed by atoms with van der Waals surface area (Å²) in [5.74, 6) is -1.03. The maximum absolute atomic E-state index is 10.7. The lowest BCUT2D eigenvalue weighted by Crippen LogP contribution is -2.33. The molecule has 1 aliphatic rings. The molecule has 1 aromatic rings. The number of carboxylic acid groups (broad SMARTS) is 1. The second-order valence-corrected chi connectivity index (χ2v) is 5.02. The van der Waals surface area contributed by atoms with Crippen molar-refractivity contribution in [2.45, 2.75) is 19.4 Å². The van der Waals surface area contributed by atoms with Gasteiger partial charge in [-0.3, -0.25) is 4.68 Å². The average Bonchev–Trinajstić information content (AvgIpc) is 3.05. The van der Waals surface area contributed by atoms with Crippen LogP contribution in [-0.4, -0.2) is 75.6 Å². The van der Waals surface area contributed by atoms with Crippen LogP contribution in [0, 0.1) is 0 Å². The number of hydrogen-bond donors (Lipinski definition) is 1. The number of aromatic nitrogens is 3. The minimum absolute atomic E-state index is 0.000259. The van der Waals surface area contributed by atoms with Crippen LogP contribution < -0.4 is 0 Å². The molecule has 1 aliphatic heterocycles. The largest absolute Gasteiger partial charge is 0.476 e. The van der Waals surface area contributed by atoms with E-state index in [0.717, 1.165) is 19.6 Å². The van der Waals surface area contributed by atoms with Crippen LogP contribution in [-0.2, 0) is 6.54 Å². The Morgan fingerprint density at radius 1 is 1.37 bits per heavy atom. The van der Waals surface area contributed by atoms with Gasteiger partial charge in [0.1, 0.15) is 0 Å². The first-order valence-electron chi connectivity index (χ1n) is 6.69. The highest BCUT2D eigenvalue weighted by molar-refractivity contribution is 5.84. The molecule has 0 radical (unpaired) electrons. The summed E-state index contributed by atoms with van der Waals surface area (Å²) in [4.78, 5) is 15.4. The van der Waals surface area contributed by atoms with E-state index < -0.39 is 5.97 Å². The van der Waals surface area contributed by atoms with Crippen LogP contribution in [0.25, 0.3) is 0 Å². The maximum Gasteiger partial charge on any atom is 0.358 e. The van der Waals surface area contributed by atoms with Gasteiger partial charge >= 0.3 is 5.97 Å². The van der Waals surface area contributed by atoms with Crippen molar-refractivity contribution in [3.63, 3.8) is 0 Å². The second kappa shape index (κ2) is 6.63. The van der Waals surface area contributed by atoms with Crippen LogP contribution in [0.5, 0.6) is 0 Å². The number of carboxylic acids is 1. The lowest BCUT2D eigenvalue weighted by atomic mass is 10.4. The molecule has 0 spiro atoms. The fourth-order valence-corrected chi connectivity index (χ4v) is 2.21. The zero-order valence-electron chi connectivity index (χ0n) is 11.3. The fourth-order valence-electron chi connectivity index (χ4n) is 2.21. The molecule has 1 N–H and O–H groups in total. The molecule has 106 valence electrons. The molecule has 2 heterocycles. The fraction of sp³-hybridized carbons (Fsp3) is 0.750. The zero-order valence-corrected chi connectivity index (χ0v) is 11.3. The van der Waals surface area contributed by atoms with E-state index >= 15 is 0 Å². The summed E-state index contributed by atoms with van der Waals surface area (Å²) >= 11 is 0. The minimum Gasteiger partial charge on any atom is -0.476 e. The van der Waals surface area contributed by atoms with Gasteiger partial charge in [0.15, 0.2) is 5.69 Å². The van der Waals surface area contributed by atoms with Crippen molar-refractivity contribution in [1.29, 1.82) is 0 Å². The third-order valence-electron chi connectivity index (χ3n) is 3.47. The third-order valence-corrected chi connectivity index (χ3v) is 3.47. The van der Waals surface area contributed by atoms with Crippen LogP contribution in [0.15, 0.2) is 6.20 Å². The monoisotopic (exact) mass is 267 g/mol. The smallest absolute Gasteiger partial charge is 0.358 e. The third kappa shape index (κ3) is 4.29. The summed E-state index contributed by atoms with van der Waals surface area (Å²) < 4.78 is 1.58. The summed E-state index contributed by atoms with van der Waals surface area (Å²) in [6.45, 7) is 6.08. The number of hydrogen-bond acceptors (Lipinski definition) is 5. The highest BCUT2D eigenvalue weighted by atomic mass is 16.4. The van der Waals surface area contributed by atoms with Gasteiger partial charge < -0.3 is 14.9 Å². The van der Waals surface area contributed by atoms with Crippen LogP contribution in [0.3, 0.4) is 0 Å². The van der Waals surface area contributed by atoms with Crippen molar-refractivity contribution >= 4 is 5.97 Å². The average molecular weight is 267 g/mol. The van der Waals surface area contributed by atoms with Crippen molar-refractivity contribution in [3.05, 3.63) is 11.9 Å². The lowest BCUT2D eigenvalue weighted by Gasteiger charge is -2.21. The molecule has 0 aliphatic carbocycles. The predicted molar refractivity (Wildman–Crippen MR) is 70.2 cm³/mol. The Balaban J connectivity index is 1.67. The maximum atomic E-state index is 10.7. The van der Waals surface area contributed by atoms with Crippen LogP contribution in [0.2, 0.25) is 0 Å². The van der Waals surface area contributed by atoms with Gasteiger partial charge in [-0.05, 0) is 33.0 Å². The van der Waals surface area contributed by atoms with Gasteiger partial charge in [0, 0.05) is 19.6 Å². The molecular weight excluding hydrogens is 246 g/mol. The number of aromatic carboxylic acids is 1. The van der Waals surface area contributed by atoms with Gasteiger partial charge in [-0.2, -0.15) is 0 Å². The Morgan fingerprint density at radius 3 is 2.68 bits per heavy atom. The molecule has 1 aromatic heterocycles. The molecule has 7 nitrogen and oxygen atoms in total. The number of carbonyl (C=O) groups is 1. The standard InChI is InChI=1S/C12H21N5O2/c1-15(6-8-16-4-2-3-5-16)7-9-17-10-11(12(18)19)13-14-17/h10H,2-9H2,1H3,(H,18,19). The highest BCUT2D eigenvalue weighted by Gasteiger charge is 2.12. The van der Waals surface area contributed by atoms with E-state index in [0.29, 0.717) is 6.54 Å². The van der Waals surface area contributed by atoms with Gasteiger partial charge in [0.25, 0.3) is 0 Å². The first-order chi connectivity index (χ1) is 9.15. The van der Waals surface area contributed by atoms with Gasteiger partial charge in [-0.1, -0.05) is 5.21 Å². The van der Waals surface area contributed by atoms with E-state index in [4.69, 9.17) is 5.11 Å². The lowest BCUT2D eigenvalue weighted by molar-refractivity contribution is 0.0690. The molecule has 0 unspecified atom stereocenters. The minimum atomic E-state index is -1.03. The molecule has 0 aromatic carbocycles. The molecule has 1 saturated heterocycles. The molecule has 2 rings (SSSR count). The Hall–Kier alpha value is -1.47. The van der Waals surface area contributed by atoms with Crippen molar-refractivity contribution in [2.75, 3.05) is 39.8 Å². The van der Waals surface area contributed by atoms with Crippen molar-refractivity contribution in [3.8, 4) is 0 Å². The van der Waals surface area contributed by atoms with Gasteiger partial charge in [-0.15, -0.1) is 5.10 Å². The van der Waals surface area contributed by atoms with Crippen molar-refractivity contribution in [2.24, 2.45) is 0 Å². The summed E-state index contributed by atoms with van der Waals surface area (Å²) in [5, 5.41) is 16.1. The number of likely N-dealkylation sites (N-methyl/N-ethyl adjacent to an activating group) is 1. The van der Waals surface area contributed by atoms with Gasteiger partial charge in [-0.25, -0.2) is 4.79 Å². The summed E-state index contributed by atoms with van der Waals surface area (Å²) in [6, 6.07) is 0. The first kappa shape index (κ1) is 14.0. The van der Waals surface area contributed by atoms with Crippen LogP contribution in [0.1, 0.15) is 23.3 Å². The van der Waals surface area contributed by atoms with Crippen LogP contribution in [0.4, 0.5) is 0 Å². The molecule has 0 atom stereocenters. The van der Waals surface area contributed by atoms with Crippen LogP contribution >= 0.6 is 0 Å². The molecule has 7 heteroatoms. The normalized spacial score (nSPS) is 16.3. The summed E-state index contributed by atoms with van der Waals surface area (Å²) in [6.07, 6.45) is 4.11. The molecular formula is C12H21N5O2. The Labute approximate surface area is 112 Å². The molecule has 0 amide bonds. The van der Waals surface area contributed by atoms with E-state index in [-0.39, 0.29) is 5.69 Å². The predicted octanol–water partition coefficient (Wildman–Crippen LogP) is 0.00390.